The Kier molecular flexibility index (Phi) is 7.73. The number of benzene rings is 3. The fourth-order valence-corrected chi connectivity index (χ4v) is 5.92. The number of nitrogens with zero attached hydrogens (tertiary/aromatic N) is 2. The van der Waals surface area contributed by atoms with Crippen LogP contribution in [-0.2, 0) is 9.59 Å². The Balaban J connectivity index is 1.64. The second-order valence-electron chi connectivity index (χ2n) is 10.1. The molecule has 1 aliphatic carbocycles. The number of hydrogen-bond donors (Lipinski definition) is 1. The van der Waals surface area contributed by atoms with E-state index >= 15 is 0 Å². The van der Waals surface area contributed by atoms with Crippen LogP contribution in [-0.4, -0.2) is 31.9 Å². The number of amides is 1. The molecule has 0 saturated carbocycles. The average Bonchev–Trinajstić information content (AvgIpc) is 3.12. The van der Waals surface area contributed by atoms with Gasteiger partial charge in [0.1, 0.15) is 5.75 Å². The van der Waals surface area contributed by atoms with Crippen molar-refractivity contribution in [3.05, 3.63) is 95.2 Å². The van der Waals surface area contributed by atoms with Gasteiger partial charge >= 0.3 is 0 Å². The highest BCUT2D eigenvalue weighted by molar-refractivity contribution is 6.06. The van der Waals surface area contributed by atoms with Crippen molar-refractivity contribution < 1.29 is 14.3 Å². The molecule has 1 N–H and O–H groups in total. The molecule has 1 aliphatic heterocycles. The number of hydrogen-bond acceptors (Lipinski definition) is 5. The van der Waals surface area contributed by atoms with Gasteiger partial charge in [0.05, 0.1) is 24.5 Å². The third-order valence-corrected chi connectivity index (χ3v) is 7.98. The van der Waals surface area contributed by atoms with Gasteiger partial charge in [-0.3, -0.25) is 14.5 Å². The van der Waals surface area contributed by atoms with E-state index in [1.54, 1.807) is 7.11 Å². The first kappa shape index (κ1) is 26.5. The van der Waals surface area contributed by atoms with Crippen LogP contribution in [0.4, 0.5) is 17.1 Å². The number of fused-ring (bicyclic) bond motifs is 1. The van der Waals surface area contributed by atoms with Gasteiger partial charge < -0.3 is 15.0 Å². The van der Waals surface area contributed by atoms with E-state index in [-0.39, 0.29) is 17.6 Å². The maximum Gasteiger partial charge on any atom is 0.227 e. The largest absolute Gasteiger partial charge is 0.497 e. The molecular formula is C33H37N3O3. The molecule has 0 unspecified atom stereocenters. The van der Waals surface area contributed by atoms with E-state index in [1.165, 1.54) is 0 Å². The molecule has 1 amide bonds. The van der Waals surface area contributed by atoms with Crippen molar-refractivity contribution in [2.24, 2.45) is 0 Å². The average molecular weight is 524 g/mol. The van der Waals surface area contributed by atoms with Gasteiger partial charge in [-0.15, -0.1) is 0 Å². The molecule has 0 saturated heterocycles. The second kappa shape index (κ2) is 11.4. The van der Waals surface area contributed by atoms with Crippen molar-refractivity contribution in [3.63, 3.8) is 0 Å². The summed E-state index contributed by atoms with van der Waals surface area (Å²) in [7, 11) is 1.65. The van der Waals surface area contributed by atoms with Gasteiger partial charge in [-0.25, -0.2) is 0 Å². The second-order valence-corrected chi connectivity index (χ2v) is 10.1. The highest BCUT2D eigenvalue weighted by Gasteiger charge is 2.41. The summed E-state index contributed by atoms with van der Waals surface area (Å²) in [6.45, 7) is 7.99. The Morgan fingerprint density at radius 2 is 1.59 bits per heavy atom. The number of rotatable bonds is 7. The molecule has 2 atom stereocenters. The van der Waals surface area contributed by atoms with Gasteiger partial charge in [0.25, 0.3) is 0 Å². The Morgan fingerprint density at radius 1 is 0.923 bits per heavy atom. The number of methoxy groups -OCH3 is 1. The summed E-state index contributed by atoms with van der Waals surface area (Å²) >= 11 is 0. The van der Waals surface area contributed by atoms with E-state index in [0.717, 1.165) is 52.7 Å². The molecule has 0 bridgehead atoms. The topological polar surface area (TPSA) is 61.9 Å². The molecule has 5 rings (SSSR count). The molecule has 0 spiro atoms. The van der Waals surface area contributed by atoms with Crippen LogP contribution in [0, 0.1) is 0 Å². The van der Waals surface area contributed by atoms with Crippen molar-refractivity contribution in [1.29, 1.82) is 0 Å². The predicted molar refractivity (Wildman–Crippen MR) is 158 cm³/mol. The molecule has 0 radical (unpaired) electrons. The summed E-state index contributed by atoms with van der Waals surface area (Å²) in [5, 5.41) is 3.60. The first-order valence-corrected chi connectivity index (χ1v) is 13.9. The monoisotopic (exact) mass is 523 g/mol. The number of allylic oxidation sites excluding steroid dienone is 1. The summed E-state index contributed by atoms with van der Waals surface area (Å²) in [5.41, 5.74) is 6.40. The van der Waals surface area contributed by atoms with E-state index in [0.29, 0.717) is 24.8 Å². The minimum atomic E-state index is -0.501. The number of para-hydroxylation sites is 2. The third-order valence-electron chi connectivity index (χ3n) is 7.98. The van der Waals surface area contributed by atoms with E-state index in [4.69, 9.17) is 4.74 Å². The number of Topliss-reactive ketones (excluding diaryl/α,β-unsaturated/α-hetero) is 1. The van der Waals surface area contributed by atoms with Crippen LogP contribution in [0.5, 0.6) is 5.75 Å². The molecule has 3 aromatic rings. The van der Waals surface area contributed by atoms with Crippen LogP contribution >= 0.6 is 0 Å². The van der Waals surface area contributed by atoms with Crippen molar-refractivity contribution >= 4 is 28.8 Å². The van der Waals surface area contributed by atoms with Crippen molar-refractivity contribution in [2.75, 3.05) is 35.3 Å². The van der Waals surface area contributed by atoms with Crippen LogP contribution in [0.25, 0.3) is 0 Å². The lowest BCUT2D eigenvalue weighted by Gasteiger charge is -2.35. The highest BCUT2D eigenvalue weighted by Crippen LogP contribution is 2.47. The summed E-state index contributed by atoms with van der Waals surface area (Å²) in [6, 6.07) is 23.7. The molecule has 2 aliphatic rings. The van der Waals surface area contributed by atoms with Gasteiger partial charge in [0, 0.05) is 42.9 Å². The Hall–Kier alpha value is -4.06. The molecule has 39 heavy (non-hydrogen) atoms. The lowest BCUT2D eigenvalue weighted by atomic mass is 9.78. The fraction of sp³-hybridized carbons (Fsp3) is 0.333. The lowest BCUT2D eigenvalue weighted by molar-refractivity contribution is -0.119. The molecule has 202 valence electrons. The van der Waals surface area contributed by atoms with Gasteiger partial charge in [0.2, 0.25) is 5.91 Å². The summed E-state index contributed by atoms with van der Waals surface area (Å²) in [5.74, 6) is 0.898. The van der Waals surface area contributed by atoms with Gasteiger partial charge in [-0.1, -0.05) is 43.3 Å². The number of carbonyl (C=O) groups is 2. The van der Waals surface area contributed by atoms with Crippen LogP contribution in [0.3, 0.4) is 0 Å². The lowest BCUT2D eigenvalue weighted by Crippen LogP contribution is -2.38. The van der Waals surface area contributed by atoms with Gasteiger partial charge in [-0.2, -0.15) is 0 Å². The van der Waals surface area contributed by atoms with Gasteiger partial charge in [-0.05, 0) is 73.7 Å². The number of ketones is 1. The minimum Gasteiger partial charge on any atom is -0.497 e. The minimum absolute atomic E-state index is 0.0131. The normalized spacial score (nSPS) is 18.6. The Morgan fingerprint density at radius 3 is 2.23 bits per heavy atom. The number of carbonyl (C=O) groups excluding carboxylic acids is 2. The molecule has 6 nitrogen and oxygen atoms in total. The van der Waals surface area contributed by atoms with Crippen LogP contribution < -0.4 is 19.9 Å². The molecule has 3 aromatic carbocycles. The summed E-state index contributed by atoms with van der Waals surface area (Å²) < 4.78 is 5.34. The van der Waals surface area contributed by atoms with Crippen LogP contribution in [0.1, 0.15) is 63.1 Å². The summed E-state index contributed by atoms with van der Waals surface area (Å²) in [6.07, 6.45) is 1.42. The number of anilines is 3. The third kappa shape index (κ3) is 5.03. The Bertz CT molecular complexity index is 1370. The standard InChI is InChI=1S/C33H37N3O3/c1-5-31(38)36-29-11-9-8-10-27(29)34-28-20-24(22-14-18-26(39-4)19-15-22)21-30(37)32(28)33(36)23-12-16-25(17-13-23)35(6-2)7-3/h8-19,24,33-34H,5-7,20-21H2,1-4H3/t24-,33-/m0/s1. The van der Waals surface area contributed by atoms with Crippen LogP contribution in [0.2, 0.25) is 0 Å². The Labute approximate surface area is 231 Å². The smallest absolute Gasteiger partial charge is 0.227 e. The molecule has 0 fully saturated rings. The number of nitrogens with one attached hydrogen (secondary N) is 1. The van der Waals surface area contributed by atoms with E-state index < -0.39 is 6.04 Å². The summed E-state index contributed by atoms with van der Waals surface area (Å²) in [4.78, 5) is 31.8. The quantitative estimate of drug-likeness (QED) is 0.367. The molecule has 6 heteroatoms. The molecule has 1 heterocycles. The molecular weight excluding hydrogens is 486 g/mol. The number of ether oxygens (including phenoxy) is 1. The first-order valence-electron chi connectivity index (χ1n) is 13.9. The van der Waals surface area contributed by atoms with E-state index in [1.807, 2.05) is 60.4 Å². The molecule has 0 aromatic heterocycles. The fourth-order valence-electron chi connectivity index (χ4n) is 5.92. The SMILES string of the molecule is CCC(=O)N1c2ccccc2NC2=C(C(=O)C[C@@H](c3ccc(OC)cc3)C2)[C@@H]1c1ccc(N(CC)CC)cc1. The maximum absolute atomic E-state index is 14.1. The zero-order valence-electron chi connectivity index (χ0n) is 23.2. The zero-order valence-corrected chi connectivity index (χ0v) is 23.2. The predicted octanol–water partition coefficient (Wildman–Crippen LogP) is 6.85. The van der Waals surface area contributed by atoms with Crippen molar-refractivity contribution in [3.8, 4) is 5.75 Å². The van der Waals surface area contributed by atoms with E-state index in [9.17, 15) is 9.59 Å². The van der Waals surface area contributed by atoms with Crippen LogP contribution in [0.15, 0.2) is 84.1 Å². The highest BCUT2D eigenvalue weighted by atomic mass is 16.5. The first-order chi connectivity index (χ1) is 19.0. The van der Waals surface area contributed by atoms with Crippen molar-refractivity contribution in [2.45, 2.75) is 52.0 Å². The van der Waals surface area contributed by atoms with Crippen molar-refractivity contribution in [1.82, 2.24) is 0 Å². The maximum atomic E-state index is 14.1. The zero-order chi connectivity index (χ0) is 27.5. The van der Waals surface area contributed by atoms with Gasteiger partial charge in [0.15, 0.2) is 5.78 Å². The van der Waals surface area contributed by atoms with E-state index in [2.05, 4.69) is 48.3 Å².